The summed E-state index contributed by atoms with van der Waals surface area (Å²) in [5.41, 5.74) is 2.91. The lowest BCUT2D eigenvalue weighted by atomic mass is 10.2. The molecule has 1 heterocycles. The number of rotatable bonds is 10. The maximum absolute atomic E-state index is 12.9. The van der Waals surface area contributed by atoms with Crippen LogP contribution < -0.4 is 20.2 Å². The molecule has 2 N–H and O–H groups in total. The Morgan fingerprint density at radius 3 is 2.83 bits per heavy atom. The Kier molecular flexibility index (Phi) is 9.26. The average molecular weight is 582 g/mol. The van der Waals surface area contributed by atoms with Gasteiger partial charge in [-0.3, -0.25) is 4.79 Å². The minimum Gasteiger partial charge on any atom is -0.490 e. The van der Waals surface area contributed by atoms with Crippen molar-refractivity contribution in [1.29, 1.82) is 5.26 Å². The zero-order chi connectivity index (χ0) is 26.1. The van der Waals surface area contributed by atoms with Gasteiger partial charge in [-0.05, 0) is 58.7 Å². The number of thiazole rings is 1. The van der Waals surface area contributed by atoms with Crippen LogP contribution in [0.3, 0.4) is 0 Å². The molecule has 2 aromatic carbocycles. The number of carbonyl (C=O) groups excluding carboxylic acids is 1. The normalized spacial score (nSPS) is 11.2. The van der Waals surface area contributed by atoms with Crippen LogP contribution in [0.1, 0.15) is 23.7 Å². The summed E-state index contributed by atoms with van der Waals surface area (Å²) in [5.74, 6) is 0.371. The standard InChI is InChI=1S/C23H19BrF3N5O3S/c1-2-34-19-9-14(8-18(24)21(19)35-7-6-28)12-29-32-20(33)11-17-13-36-22(31-17)30-16-5-3-4-15(10-16)23(25,26)27/h3-5,8-10,12-13H,2,7,11H2,1H3,(H,30,31)(H,32,33)/b29-12-. The van der Waals surface area contributed by atoms with Crippen LogP contribution in [0.25, 0.3) is 0 Å². The number of alkyl halides is 3. The molecule has 0 saturated heterocycles. The quantitative estimate of drug-likeness (QED) is 0.236. The van der Waals surface area contributed by atoms with Crippen LogP contribution in [0.4, 0.5) is 24.0 Å². The fraction of sp³-hybridized carbons (Fsp3) is 0.217. The molecule has 0 unspecified atom stereocenters. The van der Waals surface area contributed by atoms with E-state index in [0.717, 1.165) is 23.5 Å². The molecule has 1 aromatic heterocycles. The first kappa shape index (κ1) is 27.0. The molecule has 0 aliphatic rings. The van der Waals surface area contributed by atoms with Gasteiger partial charge >= 0.3 is 6.18 Å². The number of hydrogen-bond donors (Lipinski definition) is 2. The lowest BCUT2D eigenvalue weighted by molar-refractivity contribution is -0.137. The third-order valence-corrected chi connectivity index (χ3v) is 5.75. The van der Waals surface area contributed by atoms with Crippen LogP contribution in [0.2, 0.25) is 0 Å². The number of benzene rings is 2. The van der Waals surface area contributed by atoms with Crippen LogP contribution in [0.15, 0.2) is 51.4 Å². The molecule has 8 nitrogen and oxygen atoms in total. The second-order valence-corrected chi connectivity index (χ2v) is 8.74. The van der Waals surface area contributed by atoms with Crippen molar-refractivity contribution in [2.75, 3.05) is 18.5 Å². The molecule has 0 fully saturated rings. The van der Waals surface area contributed by atoms with Crippen molar-refractivity contribution < 1.29 is 27.4 Å². The van der Waals surface area contributed by atoms with E-state index < -0.39 is 17.6 Å². The molecule has 0 atom stereocenters. The molecule has 0 aliphatic carbocycles. The van der Waals surface area contributed by atoms with Crippen LogP contribution in [0.5, 0.6) is 11.5 Å². The summed E-state index contributed by atoms with van der Waals surface area (Å²) in [7, 11) is 0. The van der Waals surface area contributed by atoms with Gasteiger partial charge in [-0.2, -0.15) is 23.5 Å². The Morgan fingerprint density at radius 1 is 1.31 bits per heavy atom. The number of ether oxygens (including phenoxy) is 2. The number of hydrazone groups is 1. The Labute approximate surface area is 216 Å². The Hall–Kier alpha value is -3.63. The van der Waals surface area contributed by atoms with Crippen LogP contribution >= 0.6 is 27.3 Å². The minimum absolute atomic E-state index is 0.0764. The fourth-order valence-corrected chi connectivity index (χ4v) is 4.20. The molecule has 0 spiro atoms. The molecule has 36 heavy (non-hydrogen) atoms. The highest BCUT2D eigenvalue weighted by Gasteiger charge is 2.30. The molecule has 0 saturated carbocycles. The SMILES string of the molecule is CCOc1cc(/C=N\NC(=O)Cc2csc(Nc3cccc(C(F)(F)F)c3)n2)cc(Br)c1OCC#N. The number of aromatic nitrogens is 1. The molecular formula is C23H19BrF3N5O3S. The third kappa shape index (κ3) is 7.69. The molecule has 1 amide bonds. The number of nitrogens with one attached hydrogen (secondary N) is 2. The topological polar surface area (TPSA) is 109 Å². The van der Waals surface area contributed by atoms with E-state index in [9.17, 15) is 18.0 Å². The molecule has 13 heteroatoms. The maximum Gasteiger partial charge on any atom is 0.416 e. The van der Waals surface area contributed by atoms with Gasteiger partial charge in [0.2, 0.25) is 5.91 Å². The predicted octanol–water partition coefficient (Wildman–Crippen LogP) is 5.66. The summed E-state index contributed by atoms with van der Waals surface area (Å²) >= 11 is 4.53. The maximum atomic E-state index is 12.9. The number of hydrogen-bond acceptors (Lipinski definition) is 8. The van der Waals surface area contributed by atoms with Gasteiger partial charge in [-0.1, -0.05) is 6.07 Å². The van der Waals surface area contributed by atoms with Gasteiger partial charge in [-0.15, -0.1) is 11.3 Å². The number of anilines is 2. The van der Waals surface area contributed by atoms with Gasteiger partial charge in [0.25, 0.3) is 0 Å². The van der Waals surface area contributed by atoms with Crippen molar-refractivity contribution in [3.05, 3.63) is 63.1 Å². The molecule has 0 aliphatic heterocycles. The average Bonchev–Trinajstić information content (AvgIpc) is 3.25. The Balaban J connectivity index is 1.59. The number of nitriles is 1. The van der Waals surface area contributed by atoms with E-state index >= 15 is 0 Å². The molecule has 0 radical (unpaired) electrons. The van der Waals surface area contributed by atoms with Crippen molar-refractivity contribution in [2.24, 2.45) is 5.10 Å². The van der Waals surface area contributed by atoms with Gasteiger partial charge in [0, 0.05) is 11.1 Å². The van der Waals surface area contributed by atoms with Gasteiger partial charge in [0.1, 0.15) is 6.07 Å². The van der Waals surface area contributed by atoms with E-state index in [0.29, 0.717) is 39.0 Å². The summed E-state index contributed by atoms with van der Waals surface area (Å²) in [5, 5.41) is 17.5. The second-order valence-electron chi connectivity index (χ2n) is 7.03. The van der Waals surface area contributed by atoms with Gasteiger partial charge < -0.3 is 14.8 Å². The number of amides is 1. The van der Waals surface area contributed by atoms with Crippen LogP contribution in [-0.4, -0.2) is 30.3 Å². The first-order valence-corrected chi connectivity index (χ1v) is 12.0. The van der Waals surface area contributed by atoms with Gasteiger partial charge in [0.15, 0.2) is 23.2 Å². The van der Waals surface area contributed by atoms with E-state index in [1.54, 1.807) is 17.5 Å². The molecule has 3 rings (SSSR count). The van der Waals surface area contributed by atoms with E-state index in [-0.39, 0.29) is 18.7 Å². The van der Waals surface area contributed by atoms with Crippen molar-refractivity contribution in [3.8, 4) is 17.6 Å². The van der Waals surface area contributed by atoms with Crippen LogP contribution in [-0.2, 0) is 17.4 Å². The molecular weight excluding hydrogens is 563 g/mol. The van der Waals surface area contributed by atoms with Crippen molar-refractivity contribution in [1.82, 2.24) is 10.4 Å². The van der Waals surface area contributed by atoms with Crippen molar-refractivity contribution in [3.63, 3.8) is 0 Å². The smallest absolute Gasteiger partial charge is 0.416 e. The lowest BCUT2D eigenvalue weighted by Crippen LogP contribution is -2.20. The van der Waals surface area contributed by atoms with E-state index in [1.165, 1.54) is 18.3 Å². The Morgan fingerprint density at radius 2 is 2.11 bits per heavy atom. The summed E-state index contributed by atoms with van der Waals surface area (Å²) in [6, 6.07) is 10.0. The summed E-state index contributed by atoms with van der Waals surface area (Å²) in [4.78, 5) is 16.5. The Bertz CT molecular complexity index is 1290. The predicted molar refractivity (Wildman–Crippen MR) is 133 cm³/mol. The highest BCUT2D eigenvalue weighted by Crippen LogP contribution is 2.36. The monoisotopic (exact) mass is 581 g/mol. The van der Waals surface area contributed by atoms with Crippen LogP contribution in [0, 0.1) is 11.3 Å². The van der Waals surface area contributed by atoms with E-state index in [4.69, 9.17) is 14.7 Å². The number of nitrogens with zero attached hydrogens (tertiary/aromatic N) is 3. The highest BCUT2D eigenvalue weighted by molar-refractivity contribution is 9.10. The molecule has 188 valence electrons. The van der Waals surface area contributed by atoms with E-state index in [2.05, 4.69) is 36.8 Å². The second kappa shape index (κ2) is 12.4. The van der Waals surface area contributed by atoms with Crippen molar-refractivity contribution >= 4 is 50.2 Å². The van der Waals surface area contributed by atoms with Crippen molar-refractivity contribution in [2.45, 2.75) is 19.5 Å². The molecule has 0 bridgehead atoms. The summed E-state index contributed by atoms with van der Waals surface area (Å²) < 4.78 is 50.1. The fourth-order valence-electron chi connectivity index (χ4n) is 2.90. The first-order chi connectivity index (χ1) is 17.2. The first-order valence-electron chi connectivity index (χ1n) is 10.4. The van der Waals surface area contributed by atoms with E-state index in [1.807, 2.05) is 13.0 Å². The summed E-state index contributed by atoms with van der Waals surface area (Å²) in [6.45, 7) is 2.04. The van der Waals surface area contributed by atoms with Gasteiger partial charge in [0.05, 0.1) is 35.0 Å². The van der Waals surface area contributed by atoms with Gasteiger partial charge in [-0.25, -0.2) is 10.4 Å². The lowest BCUT2D eigenvalue weighted by Gasteiger charge is -2.12. The zero-order valence-electron chi connectivity index (χ0n) is 18.7. The summed E-state index contributed by atoms with van der Waals surface area (Å²) in [6.07, 6.45) is -3.11. The third-order valence-electron chi connectivity index (χ3n) is 4.35. The number of halogens is 4. The largest absolute Gasteiger partial charge is 0.490 e. The minimum atomic E-state index is -4.45. The molecule has 3 aromatic rings. The zero-order valence-corrected chi connectivity index (χ0v) is 21.1. The highest BCUT2D eigenvalue weighted by atomic mass is 79.9. The number of carbonyl (C=O) groups is 1.